The molecule has 1 amide bonds. The number of likely N-dealkylation sites (N-methyl/N-ethyl adjacent to an activating group) is 1. The van der Waals surface area contributed by atoms with Gasteiger partial charge in [-0.1, -0.05) is 42.1 Å². The molecule has 0 atom stereocenters. The lowest BCUT2D eigenvalue weighted by Crippen LogP contribution is -2.47. The minimum atomic E-state index is 0.145. The smallest absolute Gasteiger partial charge is 0.233 e. The van der Waals surface area contributed by atoms with Gasteiger partial charge in [-0.3, -0.25) is 9.36 Å². The Kier molecular flexibility index (Phi) is 5.78. The highest BCUT2D eigenvalue weighted by Crippen LogP contribution is 2.25. The minimum absolute atomic E-state index is 0.145. The molecule has 28 heavy (non-hydrogen) atoms. The average Bonchev–Trinajstić information content (AvgIpc) is 3.37. The SMILES string of the molecule is CN1CCN(C(=O)CSc2nnc(-c3ccco3)n2Cc2ccccc2)CC1. The van der Waals surface area contributed by atoms with Crippen molar-refractivity contribution < 1.29 is 9.21 Å². The first kappa shape index (κ1) is 18.8. The van der Waals surface area contributed by atoms with Gasteiger partial charge in [0.15, 0.2) is 10.9 Å². The summed E-state index contributed by atoms with van der Waals surface area (Å²) >= 11 is 1.43. The number of carbonyl (C=O) groups excluding carboxylic acids is 1. The second-order valence-electron chi connectivity index (χ2n) is 6.83. The van der Waals surface area contributed by atoms with E-state index >= 15 is 0 Å². The topological polar surface area (TPSA) is 67.4 Å². The Bertz CT molecular complexity index is 902. The van der Waals surface area contributed by atoms with E-state index in [-0.39, 0.29) is 5.91 Å². The van der Waals surface area contributed by atoms with E-state index in [1.807, 2.05) is 39.8 Å². The highest BCUT2D eigenvalue weighted by Gasteiger charge is 2.21. The first-order chi connectivity index (χ1) is 13.7. The lowest BCUT2D eigenvalue weighted by molar-refractivity contribution is -0.129. The molecule has 1 aliphatic heterocycles. The molecule has 146 valence electrons. The molecule has 7 nitrogen and oxygen atoms in total. The van der Waals surface area contributed by atoms with Crippen molar-refractivity contribution in [2.75, 3.05) is 39.0 Å². The molecule has 4 rings (SSSR count). The molecule has 1 aliphatic rings. The number of aromatic nitrogens is 3. The van der Waals surface area contributed by atoms with Crippen LogP contribution in [0, 0.1) is 0 Å². The van der Waals surface area contributed by atoms with Crippen LogP contribution in [0.1, 0.15) is 5.56 Å². The van der Waals surface area contributed by atoms with E-state index in [1.54, 1.807) is 6.26 Å². The van der Waals surface area contributed by atoms with E-state index in [0.29, 0.717) is 23.9 Å². The van der Waals surface area contributed by atoms with Crippen LogP contribution in [0.3, 0.4) is 0 Å². The molecule has 1 fully saturated rings. The maximum atomic E-state index is 12.6. The fraction of sp³-hybridized carbons (Fsp3) is 0.350. The van der Waals surface area contributed by atoms with Crippen molar-refractivity contribution in [1.82, 2.24) is 24.6 Å². The third-order valence-corrected chi connectivity index (χ3v) is 5.77. The second-order valence-corrected chi connectivity index (χ2v) is 7.77. The van der Waals surface area contributed by atoms with Crippen molar-refractivity contribution in [3.05, 3.63) is 54.3 Å². The van der Waals surface area contributed by atoms with Gasteiger partial charge in [0.25, 0.3) is 0 Å². The Balaban J connectivity index is 1.51. The largest absolute Gasteiger partial charge is 0.461 e. The van der Waals surface area contributed by atoms with Crippen LogP contribution in [0.5, 0.6) is 0 Å². The Morgan fingerprint density at radius 3 is 2.57 bits per heavy atom. The summed E-state index contributed by atoms with van der Waals surface area (Å²) in [6, 6.07) is 13.8. The Morgan fingerprint density at radius 2 is 1.86 bits per heavy atom. The summed E-state index contributed by atoms with van der Waals surface area (Å²) in [4.78, 5) is 16.8. The van der Waals surface area contributed by atoms with Crippen molar-refractivity contribution >= 4 is 17.7 Å². The molecular formula is C20H23N5O2S. The van der Waals surface area contributed by atoms with Gasteiger partial charge in [-0.2, -0.15) is 0 Å². The first-order valence-corrected chi connectivity index (χ1v) is 10.3. The zero-order valence-electron chi connectivity index (χ0n) is 15.8. The number of piperazine rings is 1. The summed E-state index contributed by atoms with van der Waals surface area (Å²) in [6.45, 7) is 4.02. The molecule has 8 heteroatoms. The quantitative estimate of drug-likeness (QED) is 0.595. The zero-order valence-corrected chi connectivity index (χ0v) is 16.6. The highest BCUT2D eigenvalue weighted by molar-refractivity contribution is 7.99. The molecule has 3 heterocycles. The van der Waals surface area contributed by atoms with Gasteiger partial charge >= 0.3 is 0 Å². The highest BCUT2D eigenvalue weighted by atomic mass is 32.2. The number of nitrogens with zero attached hydrogens (tertiary/aromatic N) is 5. The van der Waals surface area contributed by atoms with Gasteiger partial charge in [0.2, 0.25) is 11.7 Å². The van der Waals surface area contributed by atoms with E-state index in [9.17, 15) is 4.79 Å². The zero-order chi connectivity index (χ0) is 19.3. The summed E-state index contributed by atoms with van der Waals surface area (Å²) in [6.07, 6.45) is 1.63. The number of hydrogen-bond acceptors (Lipinski definition) is 6. The molecule has 3 aromatic rings. The predicted molar refractivity (Wildman–Crippen MR) is 108 cm³/mol. The van der Waals surface area contributed by atoms with Crippen molar-refractivity contribution in [3.63, 3.8) is 0 Å². The van der Waals surface area contributed by atoms with Gasteiger partial charge in [0.1, 0.15) is 0 Å². The summed E-state index contributed by atoms with van der Waals surface area (Å²) in [5, 5.41) is 9.38. The van der Waals surface area contributed by atoms with Gasteiger partial charge in [-0.25, -0.2) is 0 Å². The number of rotatable bonds is 6. The molecule has 0 unspecified atom stereocenters. The Labute approximate surface area is 168 Å². The van der Waals surface area contributed by atoms with Crippen LogP contribution in [-0.4, -0.2) is 69.5 Å². The van der Waals surface area contributed by atoms with Gasteiger partial charge in [-0.05, 0) is 24.7 Å². The molecule has 0 radical (unpaired) electrons. The van der Waals surface area contributed by atoms with Crippen LogP contribution in [-0.2, 0) is 11.3 Å². The molecule has 0 spiro atoms. The summed E-state index contributed by atoms with van der Waals surface area (Å²) < 4.78 is 7.54. The van der Waals surface area contributed by atoms with E-state index in [2.05, 4.69) is 34.3 Å². The van der Waals surface area contributed by atoms with Gasteiger partial charge in [0.05, 0.1) is 18.6 Å². The minimum Gasteiger partial charge on any atom is -0.461 e. The normalized spacial score (nSPS) is 15.1. The molecule has 1 aromatic carbocycles. The van der Waals surface area contributed by atoms with Crippen molar-refractivity contribution in [2.24, 2.45) is 0 Å². The molecule has 0 saturated carbocycles. The van der Waals surface area contributed by atoms with E-state index in [0.717, 1.165) is 36.9 Å². The monoisotopic (exact) mass is 397 g/mol. The fourth-order valence-corrected chi connectivity index (χ4v) is 4.01. The lowest BCUT2D eigenvalue weighted by atomic mass is 10.2. The summed E-state index contributed by atoms with van der Waals surface area (Å²) in [5.74, 6) is 1.84. The van der Waals surface area contributed by atoms with E-state index in [1.165, 1.54) is 11.8 Å². The van der Waals surface area contributed by atoms with Crippen molar-refractivity contribution in [2.45, 2.75) is 11.7 Å². The third-order valence-electron chi connectivity index (χ3n) is 4.82. The molecule has 2 aromatic heterocycles. The number of hydrogen-bond donors (Lipinski definition) is 0. The number of amides is 1. The fourth-order valence-electron chi connectivity index (χ4n) is 3.17. The molecule has 1 saturated heterocycles. The maximum Gasteiger partial charge on any atom is 0.233 e. The van der Waals surface area contributed by atoms with E-state index in [4.69, 9.17) is 4.42 Å². The predicted octanol–water partition coefficient (Wildman–Crippen LogP) is 2.45. The lowest BCUT2D eigenvalue weighted by Gasteiger charge is -2.32. The number of carbonyl (C=O) groups is 1. The summed E-state index contributed by atoms with van der Waals surface area (Å²) in [7, 11) is 2.08. The van der Waals surface area contributed by atoms with Crippen molar-refractivity contribution in [1.29, 1.82) is 0 Å². The average molecular weight is 398 g/mol. The third kappa shape index (κ3) is 4.28. The number of benzene rings is 1. The Morgan fingerprint density at radius 1 is 1.07 bits per heavy atom. The van der Waals surface area contributed by atoms with Crippen molar-refractivity contribution in [3.8, 4) is 11.6 Å². The van der Waals surface area contributed by atoms with Gasteiger partial charge < -0.3 is 14.2 Å². The van der Waals surface area contributed by atoms with Crippen LogP contribution in [0.4, 0.5) is 0 Å². The standard InChI is InChI=1S/C20H23N5O2S/c1-23-9-11-24(12-10-23)18(26)15-28-20-22-21-19(17-8-5-13-27-17)25(20)14-16-6-3-2-4-7-16/h2-8,13H,9-12,14-15H2,1H3. The van der Waals surface area contributed by atoms with Crippen LogP contribution >= 0.6 is 11.8 Å². The maximum absolute atomic E-state index is 12.6. The van der Waals surface area contributed by atoms with Gasteiger partial charge in [-0.15, -0.1) is 10.2 Å². The van der Waals surface area contributed by atoms with Crippen LogP contribution in [0.2, 0.25) is 0 Å². The second kappa shape index (κ2) is 8.62. The molecule has 0 N–H and O–H groups in total. The number of furan rings is 1. The Hall–Kier alpha value is -2.58. The molecular weight excluding hydrogens is 374 g/mol. The first-order valence-electron chi connectivity index (χ1n) is 9.31. The van der Waals surface area contributed by atoms with Crippen LogP contribution in [0.15, 0.2) is 58.3 Å². The molecule has 0 bridgehead atoms. The van der Waals surface area contributed by atoms with E-state index < -0.39 is 0 Å². The van der Waals surface area contributed by atoms with Crippen LogP contribution < -0.4 is 0 Å². The van der Waals surface area contributed by atoms with Crippen LogP contribution in [0.25, 0.3) is 11.6 Å². The van der Waals surface area contributed by atoms with Gasteiger partial charge in [0, 0.05) is 26.2 Å². The molecule has 0 aliphatic carbocycles. The number of thioether (sulfide) groups is 1. The summed E-state index contributed by atoms with van der Waals surface area (Å²) in [5.41, 5.74) is 1.14.